The second-order valence-corrected chi connectivity index (χ2v) is 5.06. The molecule has 86 valence electrons. The zero-order valence-electron chi connectivity index (χ0n) is 9.95. The first-order valence-electron chi connectivity index (χ1n) is 6.41. The van der Waals surface area contributed by atoms with Crippen molar-refractivity contribution in [2.24, 2.45) is 11.7 Å². The zero-order valence-corrected chi connectivity index (χ0v) is 9.95. The van der Waals surface area contributed by atoms with Crippen molar-refractivity contribution in [3.05, 3.63) is 29.3 Å². The van der Waals surface area contributed by atoms with E-state index in [-0.39, 0.29) is 0 Å². The summed E-state index contributed by atoms with van der Waals surface area (Å²) in [6.45, 7) is 5.40. The maximum absolute atomic E-state index is 5.71. The Morgan fingerprint density at radius 2 is 2.31 bits per heavy atom. The number of hydrogen-bond donors (Lipinski definition) is 1. The summed E-state index contributed by atoms with van der Waals surface area (Å²) in [6.07, 6.45) is 2.52. The minimum Gasteiger partial charge on any atom is -0.371 e. The van der Waals surface area contributed by atoms with Gasteiger partial charge in [-0.15, -0.1) is 0 Å². The highest BCUT2D eigenvalue weighted by Crippen LogP contribution is 2.47. The number of likely N-dealkylation sites (N-methyl/N-ethyl adjacent to an activating group) is 1. The van der Waals surface area contributed by atoms with Crippen molar-refractivity contribution in [2.75, 3.05) is 24.5 Å². The molecule has 1 aliphatic carbocycles. The lowest BCUT2D eigenvalue weighted by atomic mass is 10.0. The molecule has 3 rings (SSSR count). The molecule has 1 heterocycles. The van der Waals surface area contributed by atoms with Gasteiger partial charge in [0.1, 0.15) is 0 Å². The fourth-order valence-corrected chi connectivity index (χ4v) is 2.97. The third kappa shape index (κ3) is 1.52. The van der Waals surface area contributed by atoms with Gasteiger partial charge in [-0.3, -0.25) is 0 Å². The molecule has 0 spiro atoms. The Morgan fingerprint density at radius 1 is 1.44 bits per heavy atom. The van der Waals surface area contributed by atoms with E-state index in [1.54, 1.807) is 5.56 Å². The average Bonchev–Trinajstić information content (AvgIpc) is 3.01. The summed E-state index contributed by atoms with van der Waals surface area (Å²) in [7, 11) is 0. The molecule has 0 bridgehead atoms. The van der Waals surface area contributed by atoms with Crippen LogP contribution in [0.15, 0.2) is 18.2 Å². The SMILES string of the molecule is CCN1CCc2cc(C3CC3CN)ccc21. The predicted octanol–water partition coefficient (Wildman–Crippen LogP) is 2.13. The minimum atomic E-state index is 0.752. The summed E-state index contributed by atoms with van der Waals surface area (Å²) in [5, 5.41) is 0. The van der Waals surface area contributed by atoms with E-state index in [1.807, 2.05) is 0 Å². The van der Waals surface area contributed by atoms with Crippen molar-refractivity contribution < 1.29 is 0 Å². The molecule has 2 N–H and O–H groups in total. The fraction of sp³-hybridized carbons (Fsp3) is 0.571. The summed E-state index contributed by atoms with van der Waals surface area (Å²) in [5.41, 5.74) is 10.2. The van der Waals surface area contributed by atoms with Crippen molar-refractivity contribution in [1.29, 1.82) is 0 Å². The van der Waals surface area contributed by atoms with E-state index < -0.39 is 0 Å². The number of benzene rings is 1. The Bertz CT molecular complexity index is 400. The van der Waals surface area contributed by atoms with Crippen LogP contribution in [-0.2, 0) is 6.42 Å². The Labute approximate surface area is 97.4 Å². The number of hydrogen-bond acceptors (Lipinski definition) is 2. The minimum absolute atomic E-state index is 0.752. The lowest BCUT2D eigenvalue weighted by molar-refractivity contribution is 0.809. The van der Waals surface area contributed by atoms with Gasteiger partial charge in [0.15, 0.2) is 0 Å². The van der Waals surface area contributed by atoms with Crippen molar-refractivity contribution >= 4 is 5.69 Å². The first-order chi connectivity index (χ1) is 7.83. The lowest BCUT2D eigenvalue weighted by Gasteiger charge is -2.16. The Hall–Kier alpha value is -1.02. The van der Waals surface area contributed by atoms with Crippen LogP contribution < -0.4 is 10.6 Å². The van der Waals surface area contributed by atoms with Crippen molar-refractivity contribution in [3.63, 3.8) is 0 Å². The Kier molecular flexibility index (Phi) is 2.40. The molecule has 2 nitrogen and oxygen atoms in total. The third-order valence-electron chi connectivity index (χ3n) is 4.13. The molecule has 0 saturated heterocycles. The third-order valence-corrected chi connectivity index (χ3v) is 4.13. The van der Waals surface area contributed by atoms with E-state index in [4.69, 9.17) is 5.73 Å². The molecule has 2 atom stereocenters. The van der Waals surface area contributed by atoms with Gasteiger partial charge in [-0.05, 0) is 55.3 Å². The molecule has 0 aromatic heterocycles. The van der Waals surface area contributed by atoms with Gasteiger partial charge in [0, 0.05) is 18.8 Å². The number of anilines is 1. The summed E-state index contributed by atoms with van der Waals surface area (Å²) in [5.74, 6) is 1.51. The van der Waals surface area contributed by atoms with E-state index in [0.29, 0.717) is 0 Å². The molecular weight excluding hydrogens is 196 g/mol. The number of rotatable bonds is 3. The molecule has 2 heteroatoms. The van der Waals surface area contributed by atoms with Gasteiger partial charge in [-0.25, -0.2) is 0 Å². The molecule has 1 aromatic carbocycles. The van der Waals surface area contributed by atoms with Gasteiger partial charge in [-0.1, -0.05) is 12.1 Å². The highest BCUT2D eigenvalue weighted by molar-refractivity contribution is 5.59. The molecular formula is C14H20N2. The average molecular weight is 216 g/mol. The second kappa shape index (κ2) is 3.77. The van der Waals surface area contributed by atoms with Crippen LogP contribution in [0.3, 0.4) is 0 Å². The van der Waals surface area contributed by atoms with Gasteiger partial charge in [0.2, 0.25) is 0 Å². The summed E-state index contributed by atoms with van der Waals surface area (Å²) in [4.78, 5) is 2.46. The Balaban J connectivity index is 1.85. The first-order valence-corrected chi connectivity index (χ1v) is 6.41. The largest absolute Gasteiger partial charge is 0.371 e. The van der Waals surface area contributed by atoms with Crippen LogP contribution >= 0.6 is 0 Å². The topological polar surface area (TPSA) is 29.3 Å². The van der Waals surface area contributed by atoms with E-state index in [2.05, 4.69) is 30.0 Å². The highest BCUT2D eigenvalue weighted by Gasteiger charge is 2.37. The standard InChI is InChI=1S/C14H20N2/c1-2-16-6-5-11-7-10(3-4-14(11)16)13-8-12(13)9-15/h3-4,7,12-13H,2,5-6,8-9,15H2,1H3. The van der Waals surface area contributed by atoms with Crippen LogP contribution in [-0.4, -0.2) is 19.6 Å². The summed E-state index contributed by atoms with van der Waals surface area (Å²) < 4.78 is 0. The summed E-state index contributed by atoms with van der Waals surface area (Å²) >= 11 is 0. The molecule has 2 unspecified atom stereocenters. The molecule has 1 fully saturated rings. The second-order valence-electron chi connectivity index (χ2n) is 5.06. The normalized spacial score (nSPS) is 27.0. The molecule has 16 heavy (non-hydrogen) atoms. The highest BCUT2D eigenvalue weighted by atomic mass is 15.1. The van der Waals surface area contributed by atoms with Gasteiger partial charge in [-0.2, -0.15) is 0 Å². The maximum Gasteiger partial charge on any atom is 0.0399 e. The zero-order chi connectivity index (χ0) is 11.1. The van der Waals surface area contributed by atoms with E-state index in [1.165, 1.54) is 30.6 Å². The van der Waals surface area contributed by atoms with Crippen LogP contribution in [0.4, 0.5) is 5.69 Å². The summed E-state index contributed by atoms with van der Waals surface area (Å²) in [6, 6.07) is 7.05. The molecule has 1 aliphatic heterocycles. The molecule has 2 aliphatic rings. The monoisotopic (exact) mass is 216 g/mol. The number of nitrogens with zero attached hydrogens (tertiary/aromatic N) is 1. The van der Waals surface area contributed by atoms with Crippen LogP contribution in [0.25, 0.3) is 0 Å². The van der Waals surface area contributed by atoms with Gasteiger partial charge in [0.25, 0.3) is 0 Å². The number of fused-ring (bicyclic) bond motifs is 1. The van der Waals surface area contributed by atoms with Crippen molar-refractivity contribution in [2.45, 2.75) is 25.7 Å². The van der Waals surface area contributed by atoms with Gasteiger partial charge < -0.3 is 10.6 Å². The van der Waals surface area contributed by atoms with Crippen LogP contribution in [0.1, 0.15) is 30.4 Å². The van der Waals surface area contributed by atoms with Gasteiger partial charge in [0.05, 0.1) is 0 Å². The smallest absolute Gasteiger partial charge is 0.0399 e. The maximum atomic E-state index is 5.71. The van der Waals surface area contributed by atoms with Crippen LogP contribution in [0.2, 0.25) is 0 Å². The lowest BCUT2D eigenvalue weighted by Crippen LogP contribution is -2.18. The van der Waals surface area contributed by atoms with E-state index in [0.717, 1.165) is 24.9 Å². The molecule has 0 radical (unpaired) electrons. The molecule has 1 saturated carbocycles. The van der Waals surface area contributed by atoms with Crippen molar-refractivity contribution in [1.82, 2.24) is 0 Å². The van der Waals surface area contributed by atoms with E-state index in [9.17, 15) is 0 Å². The predicted molar refractivity (Wildman–Crippen MR) is 67.9 cm³/mol. The van der Waals surface area contributed by atoms with Gasteiger partial charge >= 0.3 is 0 Å². The van der Waals surface area contributed by atoms with Crippen LogP contribution in [0.5, 0.6) is 0 Å². The van der Waals surface area contributed by atoms with E-state index >= 15 is 0 Å². The van der Waals surface area contributed by atoms with Crippen LogP contribution in [0, 0.1) is 5.92 Å². The fourth-order valence-electron chi connectivity index (χ4n) is 2.97. The molecule has 1 aromatic rings. The molecule has 0 amide bonds. The quantitative estimate of drug-likeness (QED) is 0.838. The number of nitrogens with two attached hydrogens (primary N) is 1. The first kappa shape index (κ1) is 10.2. The Morgan fingerprint density at radius 3 is 3.00 bits per heavy atom. The van der Waals surface area contributed by atoms with Crippen molar-refractivity contribution in [3.8, 4) is 0 Å².